The first kappa shape index (κ1) is 28.2. The van der Waals surface area contributed by atoms with Crippen molar-refractivity contribution in [1.82, 2.24) is 20.5 Å². The average molecular weight is 541 g/mol. The molecule has 1 aliphatic heterocycles. The molecule has 2 heterocycles. The molecule has 202 valence electrons. The molecule has 0 radical (unpaired) electrons. The third-order valence-corrected chi connectivity index (χ3v) is 7.12. The fourth-order valence-corrected chi connectivity index (χ4v) is 5.47. The van der Waals surface area contributed by atoms with Crippen molar-refractivity contribution in [2.75, 3.05) is 13.7 Å². The number of amides is 2. The van der Waals surface area contributed by atoms with Crippen LogP contribution in [0.4, 0.5) is 22.0 Å². The number of rotatable bonds is 6. The van der Waals surface area contributed by atoms with Gasteiger partial charge in [-0.25, -0.2) is 4.98 Å². The number of carbonyl (C=O) groups excluding carboxylic acids is 3. The molecule has 1 saturated heterocycles. The Morgan fingerprint density at radius 2 is 1.81 bits per heavy atom. The number of carbonyl (C=O) groups is 3. The lowest BCUT2D eigenvalue weighted by molar-refractivity contribution is -0.290. The van der Waals surface area contributed by atoms with E-state index in [4.69, 9.17) is 4.74 Å². The van der Waals surface area contributed by atoms with Crippen LogP contribution in [0.5, 0.6) is 0 Å². The molecule has 0 bridgehead atoms. The topological polar surface area (TPSA) is 101 Å². The number of nitrogens with one attached hydrogen (secondary N) is 2. The monoisotopic (exact) mass is 540 g/mol. The number of nitrogens with zero attached hydrogens (tertiary/aromatic N) is 2. The number of ether oxygens (including phenoxy) is 1. The van der Waals surface area contributed by atoms with E-state index >= 15 is 0 Å². The van der Waals surface area contributed by atoms with Crippen molar-refractivity contribution >= 4 is 29.1 Å². The van der Waals surface area contributed by atoms with Crippen molar-refractivity contribution in [3.05, 3.63) is 16.1 Å². The molecule has 14 heteroatoms. The van der Waals surface area contributed by atoms with Crippen LogP contribution >= 0.6 is 11.3 Å². The summed E-state index contributed by atoms with van der Waals surface area (Å²) in [5.41, 5.74) is -1.75. The zero-order valence-corrected chi connectivity index (χ0v) is 21.1. The maximum Gasteiger partial charge on any atom is 0.459 e. The molecule has 3 rings (SSSR count). The first-order valence-corrected chi connectivity index (χ1v) is 12.3. The largest absolute Gasteiger partial charge is 0.469 e. The zero-order valence-electron chi connectivity index (χ0n) is 20.2. The van der Waals surface area contributed by atoms with Crippen LogP contribution in [0.2, 0.25) is 0 Å². The van der Waals surface area contributed by atoms with Crippen molar-refractivity contribution in [2.24, 2.45) is 5.92 Å². The lowest BCUT2D eigenvalue weighted by Crippen LogP contribution is -2.55. The summed E-state index contributed by atoms with van der Waals surface area (Å²) in [6.45, 7) is 6.28. The van der Waals surface area contributed by atoms with E-state index in [0.29, 0.717) is 36.0 Å². The van der Waals surface area contributed by atoms with E-state index in [0.717, 1.165) is 0 Å². The second-order valence-electron chi connectivity index (χ2n) is 10.1. The molecule has 2 aliphatic rings. The predicted molar refractivity (Wildman–Crippen MR) is 119 cm³/mol. The molecule has 4 atom stereocenters. The maximum absolute atomic E-state index is 13.5. The molecule has 0 spiro atoms. The molecule has 1 aromatic rings. The zero-order chi connectivity index (χ0) is 27.1. The fraction of sp³-hybridized carbons (Fsp3) is 0.727. The summed E-state index contributed by atoms with van der Waals surface area (Å²) in [5, 5.41) is 5.70. The SMILES string of the molecule is COC(=O)[C@@H]1C[C@H](NC(C)(C)C)CC[C@@H]1N1CCC(NC(=O)c2nc(C(F)(F)C(F)(F)F)cs2)C1=O. The van der Waals surface area contributed by atoms with Crippen molar-refractivity contribution in [1.29, 1.82) is 0 Å². The number of aromatic nitrogens is 1. The normalized spacial score (nSPS) is 25.7. The van der Waals surface area contributed by atoms with Crippen LogP contribution in [0, 0.1) is 5.92 Å². The molecule has 2 fully saturated rings. The van der Waals surface area contributed by atoms with E-state index in [9.17, 15) is 36.3 Å². The lowest BCUT2D eigenvalue weighted by atomic mass is 9.80. The van der Waals surface area contributed by atoms with Gasteiger partial charge in [0.2, 0.25) is 5.91 Å². The number of thiazole rings is 1. The molecule has 1 saturated carbocycles. The second-order valence-corrected chi connectivity index (χ2v) is 10.9. The van der Waals surface area contributed by atoms with Crippen LogP contribution in [-0.4, -0.2) is 71.2 Å². The summed E-state index contributed by atoms with van der Waals surface area (Å²) in [7, 11) is 1.28. The van der Waals surface area contributed by atoms with Gasteiger partial charge in [-0.3, -0.25) is 14.4 Å². The summed E-state index contributed by atoms with van der Waals surface area (Å²) in [6, 6.07) is -1.41. The minimum Gasteiger partial charge on any atom is -0.469 e. The van der Waals surface area contributed by atoms with Crippen molar-refractivity contribution in [3.63, 3.8) is 0 Å². The Bertz CT molecular complexity index is 994. The Labute approximate surface area is 208 Å². The summed E-state index contributed by atoms with van der Waals surface area (Å²) < 4.78 is 69.7. The third kappa shape index (κ3) is 5.96. The van der Waals surface area contributed by atoms with Gasteiger partial charge in [0.15, 0.2) is 5.01 Å². The van der Waals surface area contributed by atoms with Crippen LogP contribution in [-0.2, 0) is 20.2 Å². The number of methoxy groups -OCH3 is 1. The number of hydrogen-bond donors (Lipinski definition) is 2. The Hall–Kier alpha value is -2.35. The second kappa shape index (κ2) is 10.2. The molecular formula is C22H29F5N4O4S. The number of alkyl halides is 5. The summed E-state index contributed by atoms with van der Waals surface area (Å²) in [5.74, 6) is -7.70. The minimum absolute atomic E-state index is 0.0486. The van der Waals surface area contributed by atoms with Crippen molar-refractivity contribution < 1.29 is 41.1 Å². The van der Waals surface area contributed by atoms with E-state index in [2.05, 4.69) is 15.6 Å². The van der Waals surface area contributed by atoms with Gasteiger partial charge in [0.05, 0.1) is 13.0 Å². The van der Waals surface area contributed by atoms with E-state index < -0.39 is 58.6 Å². The highest BCUT2D eigenvalue weighted by Crippen LogP contribution is 2.44. The predicted octanol–water partition coefficient (Wildman–Crippen LogP) is 3.23. The molecule has 2 N–H and O–H groups in total. The Morgan fingerprint density at radius 3 is 2.39 bits per heavy atom. The molecule has 1 unspecified atom stereocenters. The van der Waals surface area contributed by atoms with Gasteiger partial charge in [-0.1, -0.05) is 0 Å². The number of halogens is 5. The van der Waals surface area contributed by atoms with Gasteiger partial charge in [-0.15, -0.1) is 11.3 Å². The number of esters is 1. The molecular weight excluding hydrogens is 511 g/mol. The van der Waals surface area contributed by atoms with E-state index in [1.807, 2.05) is 20.8 Å². The highest BCUT2D eigenvalue weighted by Gasteiger charge is 2.60. The van der Waals surface area contributed by atoms with Gasteiger partial charge in [-0.05, 0) is 46.5 Å². The van der Waals surface area contributed by atoms with E-state index in [-0.39, 0.29) is 24.5 Å². The highest BCUT2D eigenvalue weighted by molar-refractivity contribution is 7.11. The van der Waals surface area contributed by atoms with Gasteiger partial charge in [-0.2, -0.15) is 22.0 Å². The van der Waals surface area contributed by atoms with Gasteiger partial charge >= 0.3 is 18.1 Å². The van der Waals surface area contributed by atoms with E-state index in [1.54, 1.807) is 0 Å². The summed E-state index contributed by atoms with van der Waals surface area (Å²) >= 11 is 0.330. The fourth-order valence-electron chi connectivity index (χ4n) is 4.73. The standard InChI is InChI=1S/C22H29F5N4O4S/c1-20(2,3)30-11-5-6-14(12(9-11)19(34)35-4)31-8-7-13(18(31)33)28-16(32)17-29-15(10-36-17)21(23,24)22(25,26)27/h10-14,30H,5-9H2,1-4H3,(H,28,32)/t11-,12-,13?,14+/m1/s1. The molecule has 36 heavy (non-hydrogen) atoms. The van der Waals surface area contributed by atoms with Gasteiger partial charge in [0.25, 0.3) is 5.91 Å². The smallest absolute Gasteiger partial charge is 0.459 e. The van der Waals surface area contributed by atoms with Gasteiger partial charge in [0, 0.05) is 29.5 Å². The Kier molecular flexibility index (Phi) is 7.99. The summed E-state index contributed by atoms with van der Waals surface area (Å²) in [6.07, 6.45) is -3.96. The van der Waals surface area contributed by atoms with Gasteiger partial charge < -0.3 is 20.3 Å². The lowest BCUT2D eigenvalue weighted by Gasteiger charge is -2.41. The first-order chi connectivity index (χ1) is 16.5. The summed E-state index contributed by atoms with van der Waals surface area (Å²) in [4.78, 5) is 42.8. The molecule has 2 amide bonds. The number of hydrogen-bond acceptors (Lipinski definition) is 7. The number of likely N-dealkylation sites (tertiary alicyclic amines) is 1. The Morgan fingerprint density at radius 1 is 1.14 bits per heavy atom. The molecule has 1 aromatic heterocycles. The maximum atomic E-state index is 13.5. The Balaban J connectivity index is 1.68. The van der Waals surface area contributed by atoms with Crippen molar-refractivity contribution in [2.45, 2.75) is 82.2 Å². The van der Waals surface area contributed by atoms with Crippen LogP contribution < -0.4 is 10.6 Å². The van der Waals surface area contributed by atoms with Crippen molar-refractivity contribution in [3.8, 4) is 0 Å². The highest BCUT2D eigenvalue weighted by atomic mass is 32.1. The van der Waals surface area contributed by atoms with Crippen LogP contribution in [0.15, 0.2) is 5.38 Å². The first-order valence-electron chi connectivity index (χ1n) is 11.4. The molecule has 1 aliphatic carbocycles. The quantitative estimate of drug-likeness (QED) is 0.425. The van der Waals surface area contributed by atoms with Crippen LogP contribution in [0.1, 0.15) is 62.0 Å². The molecule has 8 nitrogen and oxygen atoms in total. The third-order valence-electron chi connectivity index (χ3n) is 6.28. The van der Waals surface area contributed by atoms with Crippen LogP contribution in [0.3, 0.4) is 0 Å². The van der Waals surface area contributed by atoms with E-state index in [1.165, 1.54) is 12.0 Å². The molecule has 0 aromatic carbocycles. The van der Waals surface area contributed by atoms with Gasteiger partial charge in [0.1, 0.15) is 11.7 Å². The average Bonchev–Trinajstić information content (AvgIpc) is 3.39. The van der Waals surface area contributed by atoms with Crippen LogP contribution in [0.25, 0.3) is 0 Å². The minimum atomic E-state index is -5.85.